The van der Waals surface area contributed by atoms with E-state index in [-0.39, 0.29) is 17.4 Å². The van der Waals surface area contributed by atoms with E-state index in [1.807, 2.05) is 0 Å². The van der Waals surface area contributed by atoms with Crippen LogP contribution in [0.1, 0.15) is 20.8 Å². The highest BCUT2D eigenvalue weighted by atomic mass is 32.2. The van der Waals surface area contributed by atoms with Gasteiger partial charge in [-0.2, -0.15) is 0 Å². The van der Waals surface area contributed by atoms with E-state index < -0.39 is 27.2 Å². The molecule has 29 heavy (non-hydrogen) atoms. The van der Waals surface area contributed by atoms with Crippen molar-refractivity contribution in [3.8, 4) is 29.4 Å². The predicted octanol–water partition coefficient (Wildman–Crippen LogP) is 1.20. The molecule has 1 aromatic carbocycles. The highest BCUT2D eigenvalue weighted by Crippen LogP contribution is 2.20. The molecule has 7 nitrogen and oxygen atoms in total. The average molecular weight is 421 g/mol. The molecule has 0 saturated carbocycles. The SMILES string of the molecule is CC#CCOc1ccc(S(=O)(=O)C(C#CCNC)NC(C(=O)OC)C(C)C)cc1. The molecule has 2 unspecified atom stereocenters. The van der Waals surface area contributed by atoms with Gasteiger partial charge < -0.3 is 14.8 Å². The number of ether oxygens (including phenoxy) is 2. The maximum Gasteiger partial charge on any atom is 0.323 e. The first-order valence-electron chi connectivity index (χ1n) is 9.11. The molecule has 0 saturated heterocycles. The van der Waals surface area contributed by atoms with Crippen LogP contribution in [0.25, 0.3) is 0 Å². The fraction of sp³-hybridized carbons (Fsp3) is 0.476. The van der Waals surface area contributed by atoms with Gasteiger partial charge in [0, 0.05) is 0 Å². The molecule has 0 radical (unpaired) electrons. The number of carbonyl (C=O) groups is 1. The Bertz CT molecular complexity index is 887. The van der Waals surface area contributed by atoms with Crippen molar-refractivity contribution < 1.29 is 22.7 Å². The van der Waals surface area contributed by atoms with Crippen molar-refractivity contribution in [1.82, 2.24) is 10.6 Å². The zero-order valence-corrected chi connectivity index (χ0v) is 18.2. The van der Waals surface area contributed by atoms with Crippen molar-refractivity contribution >= 4 is 15.8 Å². The van der Waals surface area contributed by atoms with Gasteiger partial charge in [-0.05, 0) is 44.2 Å². The zero-order valence-electron chi connectivity index (χ0n) is 17.4. The minimum atomic E-state index is -3.90. The molecule has 0 aromatic heterocycles. The number of methoxy groups -OCH3 is 1. The predicted molar refractivity (Wildman–Crippen MR) is 112 cm³/mol. The first kappa shape index (κ1) is 24.5. The van der Waals surface area contributed by atoms with Crippen molar-refractivity contribution in [2.24, 2.45) is 5.92 Å². The minimum absolute atomic E-state index is 0.0649. The summed E-state index contributed by atoms with van der Waals surface area (Å²) in [4.78, 5) is 12.1. The molecule has 0 heterocycles. The smallest absolute Gasteiger partial charge is 0.323 e. The largest absolute Gasteiger partial charge is 0.481 e. The van der Waals surface area contributed by atoms with Gasteiger partial charge in [0.2, 0.25) is 9.84 Å². The van der Waals surface area contributed by atoms with Gasteiger partial charge in [-0.25, -0.2) is 8.42 Å². The highest BCUT2D eigenvalue weighted by Gasteiger charge is 2.32. The second-order valence-electron chi connectivity index (χ2n) is 6.37. The molecule has 0 amide bonds. The molecule has 2 atom stereocenters. The minimum Gasteiger partial charge on any atom is -0.481 e. The molecule has 8 heteroatoms. The van der Waals surface area contributed by atoms with Crippen LogP contribution in [0, 0.1) is 29.6 Å². The molecule has 0 bridgehead atoms. The van der Waals surface area contributed by atoms with Crippen LogP contribution in [-0.2, 0) is 19.4 Å². The summed E-state index contributed by atoms with van der Waals surface area (Å²) in [6.45, 7) is 5.83. The summed E-state index contributed by atoms with van der Waals surface area (Å²) >= 11 is 0. The van der Waals surface area contributed by atoms with E-state index in [9.17, 15) is 13.2 Å². The molecular weight excluding hydrogens is 392 g/mol. The molecule has 1 rings (SSSR count). The summed E-state index contributed by atoms with van der Waals surface area (Å²) in [6, 6.07) is 5.19. The summed E-state index contributed by atoms with van der Waals surface area (Å²) in [5.74, 6) is 10.7. The van der Waals surface area contributed by atoms with Crippen molar-refractivity contribution in [3.05, 3.63) is 24.3 Å². The normalized spacial score (nSPS) is 12.8. The van der Waals surface area contributed by atoms with Gasteiger partial charge in [-0.1, -0.05) is 31.6 Å². The second kappa shape index (κ2) is 12.1. The third-order valence-corrected chi connectivity index (χ3v) is 5.71. The van der Waals surface area contributed by atoms with Gasteiger partial charge in [0.25, 0.3) is 0 Å². The lowest BCUT2D eigenvalue weighted by Gasteiger charge is -2.24. The van der Waals surface area contributed by atoms with E-state index in [4.69, 9.17) is 9.47 Å². The summed E-state index contributed by atoms with van der Waals surface area (Å²) in [5, 5.41) is 4.41. The molecule has 0 aliphatic heterocycles. The van der Waals surface area contributed by atoms with E-state index >= 15 is 0 Å². The van der Waals surface area contributed by atoms with E-state index in [1.165, 1.54) is 19.2 Å². The second-order valence-corrected chi connectivity index (χ2v) is 8.41. The number of hydrogen-bond donors (Lipinski definition) is 2. The average Bonchev–Trinajstić information content (AvgIpc) is 2.70. The standard InChI is InChI=1S/C21H28N2O5S/c1-6-7-15-28-17-10-12-18(13-11-17)29(25,26)19(9-8-14-22-4)23-20(16(2)3)21(24)27-5/h10-13,16,19-20,22-23H,14-15H2,1-5H3. The Labute approximate surface area is 173 Å². The topological polar surface area (TPSA) is 93.7 Å². The number of benzene rings is 1. The first-order chi connectivity index (χ1) is 13.8. The van der Waals surface area contributed by atoms with Gasteiger partial charge in [0.15, 0.2) is 5.37 Å². The Morgan fingerprint density at radius 2 is 1.83 bits per heavy atom. The van der Waals surface area contributed by atoms with Gasteiger partial charge in [0.05, 0.1) is 18.6 Å². The zero-order chi connectivity index (χ0) is 21.9. The fourth-order valence-electron chi connectivity index (χ4n) is 2.32. The summed E-state index contributed by atoms with van der Waals surface area (Å²) in [6.07, 6.45) is 0. The first-order valence-corrected chi connectivity index (χ1v) is 10.7. The van der Waals surface area contributed by atoms with Crippen molar-refractivity contribution in [2.45, 2.75) is 37.1 Å². The Balaban J connectivity index is 3.19. The van der Waals surface area contributed by atoms with Crippen LogP contribution in [-0.4, -0.2) is 53.1 Å². The summed E-state index contributed by atoms with van der Waals surface area (Å²) in [5.41, 5.74) is 0. The van der Waals surface area contributed by atoms with Crippen LogP contribution in [0.4, 0.5) is 0 Å². The number of hydrogen-bond acceptors (Lipinski definition) is 7. The maximum atomic E-state index is 13.2. The van der Waals surface area contributed by atoms with Crippen LogP contribution in [0.5, 0.6) is 5.75 Å². The third-order valence-electron chi connectivity index (χ3n) is 3.90. The third kappa shape index (κ3) is 7.43. The Hall–Kier alpha value is -2.52. The van der Waals surface area contributed by atoms with Gasteiger partial charge in [-0.3, -0.25) is 10.1 Å². The summed E-state index contributed by atoms with van der Waals surface area (Å²) < 4.78 is 36.5. The van der Waals surface area contributed by atoms with E-state index in [2.05, 4.69) is 34.3 Å². The number of carbonyl (C=O) groups excluding carboxylic acids is 1. The molecule has 0 fully saturated rings. The Kier molecular flexibility index (Phi) is 10.3. The molecular formula is C21H28N2O5S. The maximum absolute atomic E-state index is 13.2. The molecule has 0 aliphatic rings. The van der Waals surface area contributed by atoms with Gasteiger partial charge in [0.1, 0.15) is 18.4 Å². The molecule has 0 aliphatic carbocycles. The number of nitrogens with one attached hydrogen (secondary N) is 2. The molecule has 158 valence electrons. The fourth-order valence-corrected chi connectivity index (χ4v) is 3.67. The van der Waals surface area contributed by atoms with Crippen LogP contribution < -0.4 is 15.4 Å². The number of sulfone groups is 1. The monoisotopic (exact) mass is 420 g/mol. The van der Waals surface area contributed by atoms with E-state index in [0.29, 0.717) is 12.3 Å². The van der Waals surface area contributed by atoms with Crippen molar-refractivity contribution in [1.29, 1.82) is 0 Å². The molecule has 0 spiro atoms. The quantitative estimate of drug-likeness (QED) is 0.458. The van der Waals surface area contributed by atoms with Crippen LogP contribution in [0.2, 0.25) is 0 Å². The Morgan fingerprint density at radius 1 is 1.17 bits per heavy atom. The lowest BCUT2D eigenvalue weighted by molar-refractivity contribution is -0.144. The molecule has 2 N–H and O–H groups in total. The van der Waals surface area contributed by atoms with Crippen LogP contribution in [0.3, 0.4) is 0 Å². The van der Waals surface area contributed by atoms with E-state index in [0.717, 1.165) is 0 Å². The number of esters is 1. The van der Waals surface area contributed by atoms with Crippen molar-refractivity contribution in [3.63, 3.8) is 0 Å². The lowest BCUT2D eigenvalue weighted by Crippen LogP contribution is -2.49. The number of rotatable bonds is 9. The van der Waals surface area contributed by atoms with Crippen LogP contribution in [0.15, 0.2) is 29.2 Å². The van der Waals surface area contributed by atoms with Gasteiger partial charge >= 0.3 is 5.97 Å². The highest BCUT2D eigenvalue weighted by molar-refractivity contribution is 7.92. The Morgan fingerprint density at radius 3 is 2.34 bits per heavy atom. The van der Waals surface area contributed by atoms with Gasteiger partial charge in [-0.15, -0.1) is 5.92 Å². The molecule has 1 aromatic rings. The summed E-state index contributed by atoms with van der Waals surface area (Å²) in [7, 11) is -0.929. The lowest BCUT2D eigenvalue weighted by atomic mass is 10.0. The van der Waals surface area contributed by atoms with E-state index in [1.54, 1.807) is 40.0 Å². The van der Waals surface area contributed by atoms with Crippen molar-refractivity contribution in [2.75, 3.05) is 27.3 Å². The van der Waals surface area contributed by atoms with Crippen LogP contribution >= 0.6 is 0 Å².